The Hall–Kier alpha value is -1.39. The summed E-state index contributed by atoms with van der Waals surface area (Å²) in [6, 6.07) is 11.0. The quantitative estimate of drug-likeness (QED) is 0.598. The number of hydrazine groups is 2. The van der Waals surface area contributed by atoms with Gasteiger partial charge in [0.05, 0.1) is 5.69 Å². The van der Waals surface area contributed by atoms with E-state index in [1.807, 2.05) is 25.2 Å². The Labute approximate surface area is 175 Å². The highest BCUT2D eigenvalue weighted by Gasteiger charge is 2.30. The van der Waals surface area contributed by atoms with Crippen LogP contribution in [-0.2, 0) is 16.8 Å². The smallest absolute Gasteiger partial charge is 0.301 e. The van der Waals surface area contributed by atoms with Gasteiger partial charge in [-0.2, -0.15) is 8.42 Å². The van der Waals surface area contributed by atoms with Crippen molar-refractivity contribution in [3.05, 3.63) is 63.1 Å². The van der Waals surface area contributed by atoms with Crippen LogP contribution in [0.1, 0.15) is 22.6 Å². The Morgan fingerprint density at radius 2 is 1.79 bits per heavy atom. The van der Waals surface area contributed by atoms with E-state index >= 15 is 0 Å². The normalized spacial score (nSPS) is 17.6. The van der Waals surface area contributed by atoms with E-state index in [4.69, 9.17) is 23.2 Å². The van der Waals surface area contributed by atoms with E-state index in [0.29, 0.717) is 28.8 Å². The minimum atomic E-state index is -3.85. The highest BCUT2D eigenvalue weighted by atomic mass is 35.5. The number of rotatable bonds is 6. The van der Waals surface area contributed by atoms with Gasteiger partial charge in [-0.3, -0.25) is 4.72 Å². The van der Waals surface area contributed by atoms with Gasteiger partial charge in [0.25, 0.3) is 0 Å². The number of likely N-dealkylation sites (N-methyl/N-ethyl adjacent to an activating group) is 1. The molecule has 0 aromatic heterocycles. The zero-order valence-corrected chi connectivity index (χ0v) is 18.2. The number of para-hydroxylation sites is 1. The second-order valence-corrected chi connectivity index (χ2v) is 8.97. The van der Waals surface area contributed by atoms with Crippen LogP contribution in [0.5, 0.6) is 0 Å². The lowest BCUT2D eigenvalue weighted by Crippen LogP contribution is -2.50. The van der Waals surface area contributed by atoms with Crippen LogP contribution in [0.15, 0.2) is 36.4 Å². The summed E-state index contributed by atoms with van der Waals surface area (Å²) in [4.78, 5) is 2.16. The summed E-state index contributed by atoms with van der Waals surface area (Å²) in [5.41, 5.74) is 8.53. The minimum absolute atomic E-state index is 0.0820. The van der Waals surface area contributed by atoms with E-state index in [0.717, 1.165) is 21.2 Å². The Kier molecular flexibility index (Phi) is 6.51. The van der Waals surface area contributed by atoms with Gasteiger partial charge in [-0.15, -0.1) is 0 Å². The van der Waals surface area contributed by atoms with Crippen LogP contribution in [-0.4, -0.2) is 45.5 Å². The average Bonchev–Trinajstić information content (AvgIpc) is 2.63. The van der Waals surface area contributed by atoms with Gasteiger partial charge in [0.15, 0.2) is 0 Å². The topological polar surface area (TPSA) is 76.7 Å². The Morgan fingerprint density at radius 1 is 1.11 bits per heavy atom. The number of hydrogen-bond acceptors (Lipinski definition) is 5. The molecule has 0 bridgehead atoms. The van der Waals surface area contributed by atoms with Gasteiger partial charge >= 0.3 is 10.2 Å². The predicted molar refractivity (Wildman–Crippen MR) is 114 cm³/mol. The summed E-state index contributed by atoms with van der Waals surface area (Å²) in [6.45, 7) is 1.42. The van der Waals surface area contributed by atoms with E-state index < -0.39 is 10.2 Å². The molecule has 1 aliphatic rings. The number of nitrogens with one attached hydrogen (secondary N) is 3. The van der Waals surface area contributed by atoms with Crippen LogP contribution in [0.25, 0.3) is 0 Å². The van der Waals surface area contributed by atoms with E-state index in [1.54, 1.807) is 18.2 Å². The number of benzene rings is 2. The van der Waals surface area contributed by atoms with Crippen molar-refractivity contribution in [3.8, 4) is 0 Å². The van der Waals surface area contributed by atoms with Gasteiger partial charge in [-0.05, 0) is 41.9 Å². The lowest BCUT2D eigenvalue weighted by atomic mass is 9.84. The van der Waals surface area contributed by atoms with Crippen molar-refractivity contribution in [1.82, 2.24) is 20.3 Å². The summed E-state index contributed by atoms with van der Waals surface area (Å²) >= 11 is 12.7. The first kappa shape index (κ1) is 21.3. The largest absolute Gasteiger partial charge is 0.328 e. The standard InChI is InChI=1S/C18H23Cl2N5O2S/c1-21-25(22-2)28(26,27)23-18-7-5-4-6-13(18)15-10-24(3)11-16-14(15)8-12(19)9-17(16)20/h4-9,15,21-23H,10-11H2,1-3H3. The molecule has 1 unspecified atom stereocenters. The molecule has 0 fully saturated rings. The summed E-state index contributed by atoms with van der Waals surface area (Å²) in [5, 5.41) is 1.18. The molecule has 7 nitrogen and oxygen atoms in total. The molecule has 0 saturated carbocycles. The predicted octanol–water partition coefficient (Wildman–Crippen LogP) is 2.80. The monoisotopic (exact) mass is 443 g/mol. The molecule has 2 aromatic rings. The Bertz CT molecular complexity index is 966. The number of halogens is 2. The maximum Gasteiger partial charge on any atom is 0.328 e. The first-order valence-electron chi connectivity index (χ1n) is 8.70. The van der Waals surface area contributed by atoms with Crippen molar-refractivity contribution >= 4 is 39.1 Å². The molecule has 3 rings (SSSR count). The van der Waals surface area contributed by atoms with Crippen molar-refractivity contribution in [2.45, 2.75) is 12.5 Å². The second-order valence-electron chi connectivity index (χ2n) is 6.61. The maximum absolute atomic E-state index is 12.7. The zero-order valence-electron chi connectivity index (χ0n) is 15.8. The van der Waals surface area contributed by atoms with Crippen molar-refractivity contribution < 1.29 is 8.42 Å². The third kappa shape index (κ3) is 4.28. The molecule has 0 radical (unpaired) electrons. The Morgan fingerprint density at radius 3 is 2.46 bits per heavy atom. The number of hydrogen-bond donors (Lipinski definition) is 3. The van der Waals surface area contributed by atoms with Crippen LogP contribution >= 0.6 is 23.2 Å². The molecule has 0 saturated heterocycles. The fraction of sp³-hybridized carbons (Fsp3) is 0.333. The molecular formula is C18H23Cl2N5O2S. The third-order valence-electron chi connectivity index (χ3n) is 4.71. The zero-order chi connectivity index (χ0) is 20.5. The maximum atomic E-state index is 12.7. The molecular weight excluding hydrogens is 421 g/mol. The lowest BCUT2D eigenvalue weighted by Gasteiger charge is -2.34. The molecule has 1 atom stereocenters. The first-order valence-corrected chi connectivity index (χ1v) is 10.9. The number of anilines is 1. The summed E-state index contributed by atoms with van der Waals surface area (Å²) < 4.78 is 28.9. The van der Waals surface area contributed by atoms with Gasteiger partial charge in [0, 0.05) is 43.1 Å². The van der Waals surface area contributed by atoms with Crippen LogP contribution < -0.4 is 15.6 Å². The van der Waals surface area contributed by atoms with E-state index in [9.17, 15) is 8.42 Å². The molecule has 1 aliphatic heterocycles. The highest BCUT2D eigenvalue weighted by molar-refractivity contribution is 7.90. The van der Waals surface area contributed by atoms with Gasteiger partial charge in [0.1, 0.15) is 0 Å². The lowest BCUT2D eigenvalue weighted by molar-refractivity contribution is 0.281. The van der Waals surface area contributed by atoms with E-state index in [2.05, 4.69) is 20.5 Å². The second kappa shape index (κ2) is 8.54. The first-order chi connectivity index (χ1) is 13.3. The van der Waals surface area contributed by atoms with Gasteiger partial charge in [0.2, 0.25) is 0 Å². The molecule has 10 heteroatoms. The summed E-state index contributed by atoms with van der Waals surface area (Å²) in [7, 11) is 1.19. The fourth-order valence-electron chi connectivity index (χ4n) is 3.54. The Balaban J connectivity index is 2.07. The van der Waals surface area contributed by atoms with E-state index in [-0.39, 0.29) is 5.92 Å². The summed E-state index contributed by atoms with van der Waals surface area (Å²) in [5.74, 6) is -0.0820. The molecule has 0 aliphatic carbocycles. The fourth-order valence-corrected chi connectivity index (χ4v) is 5.15. The SMILES string of the molecule is CNN(NC)S(=O)(=O)Nc1ccccc1C1CN(C)Cc2c(Cl)cc(Cl)cc21. The highest BCUT2D eigenvalue weighted by Crippen LogP contribution is 2.40. The number of fused-ring (bicyclic) bond motifs is 1. The van der Waals surface area contributed by atoms with Crippen LogP contribution in [0.3, 0.4) is 0 Å². The molecule has 0 amide bonds. The van der Waals surface area contributed by atoms with Gasteiger partial charge in [-0.25, -0.2) is 10.9 Å². The molecule has 0 spiro atoms. The average molecular weight is 444 g/mol. The molecule has 152 valence electrons. The molecule has 2 aromatic carbocycles. The van der Waals surface area contributed by atoms with Crippen molar-refractivity contribution in [1.29, 1.82) is 0 Å². The molecule has 1 heterocycles. The van der Waals surface area contributed by atoms with Crippen molar-refractivity contribution in [3.63, 3.8) is 0 Å². The van der Waals surface area contributed by atoms with Gasteiger partial charge < -0.3 is 4.90 Å². The van der Waals surface area contributed by atoms with E-state index in [1.165, 1.54) is 14.1 Å². The van der Waals surface area contributed by atoms with Crippen molar-refractivity contribution in [2.75, 3.05) is 32.4 Å². The van der Waals surface area contributed by atoms with Crippen molar-refractivity contribution in [2.24, 2.45) is 0 Å². The molecule has 3 N–H and O–H groups in total. The van der Waals surface area contributed by atoms with Crippen LogP contribution in [0.2, 0.25) is 10.0 Å². The van der Waals surface area contributed by atoms with Gasteiger partial charge in [-0.1, -0.05) is 45.9 Å². The molecule has 28 heavy (non-hydrogen) atoms. The van der Waals surface area contributed by atoms with Crippen LogP contribution in [0.4, 0.5) is 5.69 Å². The van der Waals surface area contributed by atoms with Crippen LogP contribution in [0, 0.1) is 0 Å². The summed E-state index contributed by atoms with van der Waals surface area (Å²) in [6.07, 6.45) is 0. The third-order valence-corrected chi connectivity index (χ3v) is 6.59. The minimum Gasteiger partial charge on any atom is -0.301 e. The number of nitrogens with zero attached hydrogens (tertiary/aromatic N) is 2.